The van der Waals surface area contributed by atoms with Crippen molar-refractivity contribution in [2.24, 2.45) is 0 Å². The number of hydrogen-bond acceptors (Lipinski definition) is 5. The largest absolute Gasteiger partial charge is 0.370 e. The molecule has 0 fully saturated rings. The molecule has 3 aromatic heterocycles. The van der Waals surface area contributed by atoms with E-state index in [0.29, 0.717) is 4.77 Å². The Morgan fingerprint density at radius 3 is 2.83 bits per heavy atom. The number of nitrogens with zero attached hydrogens (tertiary/aromatic N) is 3. The van der Waals surface area contributed by atoms with Gasteiger partial charge in [-0.05, 0) is 30.8 Å². The molecule has 4 heterocycles. The highest BCUT2D eigenvalue weighted by Gasteiger charge is 2.18. The molecule has 4 aromatic rings. The Balaban J connectivity index is 1.80. The van der Waals surface area contributed by atoms with Crippen LogP contribution in [0.1, 0.15) is 6.42 Å². The number of benzene rings is 1. The predicted octanol–water partition coefficient (Wildman–Crippen LogP) is 4.86. The summed E-state index contributed by atoms with van der Waals surface area (Å²) in [5.74, 6) is 1.10. The summed E-state index contributed by atoms with van der Waals surface area (Å²) in [5.41, 5.74) is 3.08. The molecule has 0 amide bonds. The zero-order valence-corrected chi connectivity index (χ0v) is 14.5. The highest BCUT2D eigenvalue weighted by Crippen LogP contribution is 2.38. The van der Waals surface area contributed by atoms with Crippen molar-refractivity contribution in [3.8, 4) is 11.3 Å². The van der Waals surface area contributed by atoms with Gasteiger partial charge < -0.3 is 9.88 Å². The van der Waals surface area contributed by atoms with E-state index in [1.165, 1.54) is 0 Å². The van der Waals surface area contributed by atoms with Crippen LogP contribution in [0.5, 0.6) is 0 Å². The molecule has 0 bridgehead atoms. The lowest BCUT2D eigenvalue weighted by atomic mass is 10.1. The molecule has 0 unspecified atom stereocenters. The number of hydrogen-bond donors (Lipinski definition) is 1. The highest BCUT2D eigenvalue weighted by molar-refractivity contribution is 7.71. The first-order valence-electron chi connectivity index (χ1n) is 7.95. The van der Waals surface area contributed by atoms with Gasteiger partial charge in [0.2, 0.25) is 4.77 Å². The summed E-state index contributed by atoms with van der Waals surface area (Å²) in [5, 5.41) is 4.57. The van der Waals surface area contributed by atoms with E-state index in [9.17, 15) is 0 Å². The van der Waals surface area contributed by atoms with E-state index in [-0.39, 0.29) is 0 Å². The third-order valence-electron chi connectivity index (χ3n) is 4.37. The van der Waals surface area contributed by atoms with Gasteiger partial charge in [0.15, 0.2) is 0 Å². The molecule has 0 saturated carbocycles. The van der Waals surface area contributed by atoms with E-state index < -0.39 is 0 Å². The zero-order chi connectivity index (χ0) is 16.1. The van der Waals surface area contributed by atoms with E-state index in [4.69, 9.17) is 17.2 Å². The molecule has 118 valence electrons. The van der Waals surface area contributed by atoms with Crippen molar-refractivity contribution < 1.29 is 0 Å². The summed E-state index contributed by atoms with van der Waals surface area (Å²) in [6.45, 7) is 1.91. The lowest BCUT2D eigenvalue weighted by Crippen LogP contribution is -2.19. The Bertz CT molecular complexity index is 1130. The first-order valence-corrected chi connectivity index (χ1v) is 9.17. The van der Waals surface area contributed by atoms with Crippen molar-refractivity contribution in [1.82, 2.24) is 14.5 Å². The number of anilines is 1. The van der Waals surface area contributed by atoms with Gasteiger partial charge >= 0.3 is 0 Å². The summed E-state index contributed by atoms with van der Waals surface area (Å²) in [6, 6.07) is 14.4. The number of nitrogens with one attached hydrogen (secondary N) is 1. The summed E-state index contributed by atoms with van der Waals surface area (Å²) >= 11 is 7.18. The molecular formula is C18H14N4S2. The second-order valence-electron chi connectivity index (χ2n) is 5.87. The van der Waals surface area contributed by atoms with Crippen molar-refractivity contribution in [1.29, 1.82) is 0 Å². The van der Waals surface area contributed by atoms with Crippen LogP contribution in [0.25, 0.3) is 31.7 Å². The predicted molar refractivity (Wildman–Crippen MR) is 102 cm³/mol. The molecule has 0 atom stereocenters. The quantitative estimate of drug-likeness (QED) is 0.498. The smallest absolute Gasteiger partial charge is 0.201 e. The second kappa shape index (κ2) is 5.36. The van der Waals surface area contributed by atoms with Crippen LogP contribution in [0.4, 0.5) is 5.82 Å². The van der Waals surface area contributed by atoms with Crippen molar-refractivity contribution in [3.63, 3.8) is 0 Å². The van der Waals surface area contributed by atoms with Gasteiger partial charge in [0.05, 0.1) is 15.9 Å². The maximum Gasteiger partial charge on any atom is 0.201 e. The minimum Gasteiger partial charge on any atom is -0.370 e. The molecule has 4 nitrogen and oxygen atoms in total. The highest BCUT2D eigenvalue weighted by atomic mass is 32.1. The molecule has 1 aliphatic rings. The number of thiophene rings is 1. The normalized spacial score (nSPS) is 13.8. The lowest BCUT2D eigenvalue weighted by molar-refractivity contribution is 0.613. The van der Waals surface area contributed by atoms with Gasteiger partial charge in [0.1, 0.15) is 10.6 Å². The van der Waals surface area contributed by atoms with Gasteiger partial charge in [-0.25, -0.2) is 9.97 Å². The average molecular weight is 350 g/mol. The van der Waals surface area contributed by atoms with Gasteiger partial charge in [-0.15, -0.1) is 11.3 Å². The van der Waals surface area contributed by atoms with Gasteiger partial charge in [0, 0.05) is 24.0 Å². The Hall–Kier alpha value is -2.31. The van der Waals surface area contributed by atoms with Crippen LogP contribution in [-0.4, -0.2) is 21.1 Å². The first-order chi connectivity index (χ1) is 11.8. The molecule has 0 aliphatic carbocycles. The first kappa shape index (κ1) is 14.1. The molecule has 6 heteroatoms. The van der Waals surface area contributed by atoms with E-state index in [0.717, 1.165) is 57.0 Å². The summed E-state index contributed by atoms with van der Waals surface area (Å²) in [6.07, 6.45) is 1.08. The average Bonchev–Trinajstić information content (AvgIpc) is 3.01. The van der Waals surface area contributed by atoms with Crippen molar-refractivity contribution in [3.05, 3.63) is 47.2 Å². The fourth-order valence-corrected chi connectivity index (χ4v) is 4.63. The molecule has 1 N–H and O–H groups in total. The summed E-state index contributed by atoms with van der Waals surface area (Å²) in [4.78, 5) is 10.6. The van der Waals surface area contributed by atoms with E-state index in [1.54, 1.807) is 11.3 Å². The van der Waals surface area contributed by atoms with Crippen molar-refractivity contribution in [2.75, 3.05) is 11.9 Å². The lowest BCUT2D eigenvalue weighted by Gasteiger charge is -2.20. The molecule has 1 aliphatic heterocycles. The topological polar surface area (TPSA) is 42.7 Å². The van der Waals surface area contributed by atoms with Crippen LogP contribution in [0, 0.1) is 4.77 Å². The third kappa shape index (κ3) is 2.07. The number of fused-ring (bicyclic) bond motifs is 5. The molecular weight excluding hydrogens is 336 g/mol. The van der Waals surface area contributed by atoms with Gasteiger partial charge in [0.25, 0.3) is 0 Å². The van der Waals surface area contributed by atoms with E-state index in [2.05, 4.69) is 39.1 Å². The minimum atomic E-state index is 0.650. The molecule has 0 saturated heterocycles. The molecule has 0 spiro atoms. The van der Waals surface area contributed by atoms with Crippen LogP contribution in [-0.2, 0) is 6.54 Å². The number of aromatic nitrogens is 3. The van der Waals surface area contributed by atoms with Gasteiger partial charge in [-0.2, -0.15) is 0 Å². The molecule has 5 rings (SSSR count). The van der Waals surface area contributed by atoms with Crippen molar-refractivity contribution in [2.45, 2.75) is 13.0 Å². The Labute approximate surface area is 147 Å². The second-order valence-corrected chi connectivity index (χ2v) is 7.23. The van der Waals surface area contributed by atoms with Crippen LogP contribution in [0.2, 0.25) is 0 Å². The fourth-order valence-electron chi connectivity index (χ4n) is 3.21. The van der Waals surface area contributed by atoms with E-state index in [1.807, 2.05) is 18.2 Å². The number of rotatable bonds is 1. The SMILES string of the molecule is S=c1nc2c(sc3nc(-c4ccccc4)ccc32)c2n1CCCN2. The number of pyridine rings is 1. The Morgan fingerprint density at radius 2 is 1.96 bits per heavy atom. The van der Waals surface area contributed by atoms with Crippen LogP contribution < -0.4 is 5.32 Å². The van der Waals surface area contributed by atoms with Gasteiger partial charge in [-0.3, -0.25) is 0 Å². The van der Waals surface area contributed by atoms with Gasteiger partial charge in [-0.1, -0.05) is 30.3 Å². The summed E-state index contributed by atoms with van der Waals surface area (Å²) in [7, 11) is 0. The molecule has 0 radical (unpaired) electrons. The Morgan fingerprint density at radius 1 is 1.08 bits per heavy atom. The summed E-state index contributed by atoms with van der Waals surface area (Å²) < 4.78 is 3.90. The Kier molecular flexibility index (Phi) is 3.14. The zero-order valence-electron chi connectivity index (χ0n) is 12.8. The fraction of sp³-hybridized carbons (Fsp3) is 0.167. The van der Waals surface area contributed by atoms with Crippen LogP contribution >= 0.6 is 23.6 Å². The maximum atomic E-state index is 5.49. The van der Waals surface area contributed by atoms with Crippen molar-refractivity contribution >= 4 is 49.8 Å². The van der Waals surface area contributed by atoms with Crippen LogP contribution in [0.15, 0.2) is 42.5 Å². The monoisotopic (exact) mass is 350 g/mol. The molecule has 1 aromatic carbocycles. The standard InChI is InChI=1S/C18H14N4S2/c23-18-21-14-12-7-8-13(11-5-2-1-3-6-11)20-17(12)24-15(14)16-19-9-4-10-22(16)18/h1-3,5-8,19H,4,9-10H2. The third-order valence-corrected chi connectivity index (χ3v) is 5.78. The van der Waals surface area contributed by atoms with Crippen LogP contribution in [0.3, 0.4) is 0 Å². The maximum absolute atomic E-state index is 5.49. The minimum absolute atomic E-state index is 0.650. The molecule has 24 heavy (non-hydrogen) atoms. The van der Waals surface area contributed by atoms with E-state index >= 15 is 0 Å².